The van der Waals surface area contributed by atoms with Crippen LogP contribution in [0.15, 0.2) is 35.7 Å². The standard InChI is InChI=1S/C17H19N5OS2/c1-12-13-8-10-25-16(13)7-9-20(12)11-21-17(24)22(19-18-21)14-5-3-4-6-15(14)23-2/h3-6,8,10,12H,7,9,11H2,1-2H3/t12-/m1/s1. The molecule has 0 bridgehead atoms. The zero-order valence-electron chi connectivity index (χ0n) is 14.1. The van der Waals surface area contributed by atoms with Crippen LogP contribution in [-0.4, -0.2) is 38.3 Å². The number of nitrogens with zero attached hydrogens (tertiary/aromatic N) is 5. The Morgan fingerprint density at radius 1 is 1.28 bits per heavy atom. The third kappa shape index (κ3) is 2.90. The van der Waals surface area contributed by atoms with Crippen molar-refractivity contribution in [2.75, 3.05) is 13.7 Å². The second-order valence-electron chi connectivity index (χ2n) is 6.02. The van der Waals surface area contributed by atoms with Gasteiger partial charge in [0, 0.05) is 17.5 Å². The van der Waals surface area contributed by atoms with E-state index in [2.05, 4.69) is 33.7 Å². The first kappa shape index (κ1) is 16.4. The van der Waals surface area contributed by atoms with Gasteiger partial charge < -0.3 is 4.74 Å². The van der Waals surface area contributed by atoms with Crippen LogP contribution in [0.1, 0.15) is 23.4 Å². The summed E-state index contributed by atoms with van der Waals surface area (Å²) in [6.45, 7) is 3.86. The Bertz CT molecular complexity index is 944. The van der Waals surface area contributed by atoms with Gasteiger partial charge in [-0.2, -0.15) is 4.68 Å². The molecule has 0 saturated carbocycles. The highest BCUT2D eigenvalue weighted by molar-refractivity contribution is 7.71. The van der Waals surface area contributed by atoms with Crippen LogP contribution < -0.4 is 4.74 Å². The third-order valence-electron chi connectivity index (χ3n) is 4.67. The van der Waals surface area contributed by atoms with E-state index >= 15 is 0 Å². The van der Waals surface area contributed by atoms with Gasteiger partial charge in [-0.05, 0) is 65.1 Å². The van der Waals surface area contributed by atoms with Crippen LogP contribution in [0.3, 0.4) is 0 Å². The number of ether oxygens (including phenoxy) is 1. The summed E-state index contributed by atoms with van der Waals surface area (Å²) in [5.74, 6) is 0.722. The van der Waals surface area contributed by atoms with E-state index in [1.54, 1.807) is 16.5 Å². The molecule has 1 aromatic carbocycles. The lowest BCUT2D eigenvalue weighted by atomic mass is 10.0. The molecule has 0 spiro atoms. The van der Waals surface area contributed by atoms with Gasteiger partial charge in [-0.1, -0.05) is 12.1 Å². The van der Waals surface area contributed by atoms with E-state index < -0.39 is 0 Å². The van der Waals surface area contributed by atoms with E-state index in [-0.39, 0.29) is 0 Å². The lowest BCUT2D eigenvalue weighted by molar-refractivity contribution is 0.143. The molecule has 130 valence electrons. The van der Waals surface area contributed by atoms with Crippen LogP contribution in [0.2, 0.25) is 0 Å². The highest BCUT2D eigenvalue weighted by Gasteiger charge is 2.25. The van der Waals surface area contributed by atoms with Crippen LogP contribution in [0, 0.1) is 4.77 Å². The van der Waals surface area contributed by atoms with Gasteiger partial charge in [-0.25, -0.2) is 4.68 Å². The Balaban J connectivity index is 1.61. The first-order valence-corrected chi connectivity index (χ1v) is 9.44. The van der Waals surface area contributed by atoms with Crippen LogP contribution in [-0.2, 0) is 13.1 Å². The van der Waals surface area contributed by atoms with Crippen molar-refractivity contribution in [1.29, 1.82) is 0 Å². The van der Waals surface area contributed by atoms with Gasteiger partial charge in [0.2, 0.25) is 4.77 Å². The molecule has 0 radical (unpaired) electrons. The number of rotatable bonds is 4. The zero-order valence-corrected chi connectivity index (χ0v) is 15.8. The van der Waals surface area contributed by atoms with Crippen molar-refractivity contribution < 1.29 is 4.74 Å². The number of fused-ring (bicyclic) bond motifs is 1. The fraction of sp³-hybridized carbons (Fsp3) is 0.353. The fourth-order valence-electron chi connectivity index (χ4n) is 3.25. The molecule has 8 heteroatoms. The van der Waals surface area contributed by atoms with Crippen molar-refractivity contribution in [3.8, 4) is 11.4 Å². The fourth-order valence-corrected chi connectivity index (χ4v) is 4.44. The van der Waals surface area contributed by atoms with Crippen molar-refractivity contribution in [3.63, 3.8) is 0 Å². The summed E-state index contributed by atoms with van der Waals surface area (Å²) < 4.78 is 9.40. The monoisotopic (exact) mass is 373 g/mol. The molecule has 4 rings (SSSR count). The molecular weight excluding hydrogens is 354 g/mol. The molecule has 2 aromatic heterocycles. The number of para-hydroxylation sites is 2. The maximum absolute atomic E-state index is 5.60. The van der Waals surface area contributed by atoms with E-state index in [0.29, 0.717) is 17.5 Å². The van der Waals surface area contributed by atoms with Crippen molar-refractivity contribution in [1.82, 2.24) is 24.7 Å². The predicted molar refractivity (Wildman–Crippen MR) is 99.9 cm³/mol. The molecule has 1 atom stereocenters. The Morgan fingerprint density at radius 3 is 2.96 bits per heavy atom. The summed E-state index contributed by atoms with van der Waals surface area (Å²) in [5, 5.41) is 10.7. The maximum Gasteiger partial charge on any atom is 0.222 e. The van der Waals surface area contributed by atoms with Gasteiger partial charge in [0.25, 0.3) is 0 Å². The van der Waals surface area contributed by atoms with Crippen LogP contribution in [0.25, 0.3) is 5.69 Å². The van der Waals surface area contributed by atoms with Gasteiger partial charge in [-0.3, -0.25) is 4.90 Å². The second kappa shape index (κ2) is 6.70. The highest BCUT2D eigenvalue weighted by Crippen LogP contribution is 2.33. The number of methoxy groups -OCH3 is 1. The minimum atomic E-state index is 0.355. The largest absolute Gasteiger partial charge is 0.494 e. The average Bonchev–Trinajstić information content (AvgIpc) is 3.25. The second-order valence-corrected chi connectivity index (χ2v) is 7.39. The third-order valence-corrected chi connectivity index (χ3v) is 6.05. The summed E-state index contributed by atoms with van der Waals surface area (Å²) in [7, 11) is 1.64. The molecule has 0 aliphatic carbocycles. The van der Waals surface area contributed by atoms with E-state index in [9.17, 15) is 0 Å². The molecular formula is C17H19N5OS2. The van der Waals surface area contributed by atoms with E-state index in [4.69, 9.17) is 17.0 Å². The topological polar surface area (TPSA) is 48.1 Å². The predicted octanol–water partition coefficient (Wildman–Crippen LogP) is 3.45. The van der Waals surface area contributed by atoms with Crippen LogP contribution in [0.4, 0.5) is 0 Å². The number of hydrogen-bond donors (Lipinski definition) is 0. The quantitative estimate of drug-likeness (QED) is 0.656. The molecule has 1 aliphatic heterocycles. The van der Waals surface area contributed by atoms with Crippen molar-refractivity contribution in [3.05, 3.63) is 50.9 Å². The van der Waals surface area contributed by atoms with Crippen molar-refractivity contribution in [2.24, 2.45) is 0 Å². The Labute approximate surface area is 155 Å². The zero-order chi connectivity index (χ0) is 17.4. The normalized spacial score (nSPS) is 17.4. The number of tetrazole rings is 1. The summed E-state index contributed by atoms with van der Waals surface area (Å²) in [6, 6.07) is 10.2. The van der Waals surface area contributed by atoms with Crippen LogP contribution in [0.5, 0.6) is 5.75 Å². The number of benzene rings is 1. The maximum atomic E-state index is 5.60. The SMILES string of the molecule is COc1ccccc1-n1nnn(CN2CCc3sccc3[C@H]2C)c1=S. The number of thiophene rings is 1. The lowest BCUT2D eigenvalue weighted by Crippen LogP contribution is -2.35. The van der Waals surface area contributed by atoms with Gasteiger partial charge in [0.15, 0.2) is 0 Å². The van der Waals surface area contributed by atoms with Gasteiger partial charge in [0.05, 0.1) is 13.8 Å². The van der Waals surface area contributed by atoms with E-state index in [0.717, 1.165) is 24.4 Å². The highest BCUT2D eigenvalue weighted by atomic mass is 32.1. The van der Waals surface area contributed by atoms with Crippen molar-refractivity contribution in [2.45, 2.75) is 26.1 Å². The lowest BCUT2D eigenvalue weighted by Gasteiger charge is -2.32. The summed E-state index contributed by atoms with van der Waals surface area (Å²) in [4.78, 5) is 3.87. The van der Waals surface area contributed by atoms with E-state index in [1.165, 1.54) is 10.4 Å². The first-order valence-electron chi connectivity index (χ1n) is 8.15. The minimum absolute atomic E-state index is 0.355. The molecule has 1 aliphatic rings. The molecule has 0 unspecified atom stereocenters. The Morgan fingerprint density at radius 2 is 2.12 bits per heavy atom. The van der Waals surface area contributed by atoms with Crippen LogP contribution >= 0.6 is 23.6 Å². The molecule has 0 fully saturated rings. The molecule has 3 heterocycles. The van der Waals surface area contributed by atoms with Gasteiger partial charge in [-0.15, -0.1) is 11.3 Å². The van der Waals surface area contributed by atoms with Crippen molar-refractivity contribution >= 4 is 23.6 Å². The smallest absolute Gasteiger partial charge is 0.222 e. The number of hydrogen-bond acceptors (Lipinski definition) is 6. The summed E-state index contributed by atoms with van der Waals surface area (Å²) in [6.07, 6.45) is 1.07. The molecule has 0 saturated heterocycles. The molecule has 0 N–H and O–H groups in total. The van der Waals surface area contributed by atoms with Gasteiger partial charge in [0.1, 0.15) is 11.4 Å². The Kier molecular flexibility index (Phi) is 4.41. The number of aromatic nitrogens is 4. The molecule has 3 aromatic rings. The molecule has 0 amide bonds. The van der Waals surface area contributed by atoms with E-state index in [1.807, 2.05) is 35.6 Å². The summed E-state index contributed by atoms with van der Waals surface area (Å²) in [5.41, 5.74) is 2.22. The first-order chi connectivity index (χ1) is 12.2. The van der Waals surface area contributed by atoms with Gasteiger partial charge >= 0.3 is 0 Å². The summed E-state index contributed by atoms with van der Waals surface area (Å²) >= 11 is 7.45. The molecule has 25 heavy (non-hydrogen) atoms. The Hall–Kier alpha value is -2.03. The minimum Gasteiger partial charge on any atom is -0.494 e. The molecule has 6 nitrogen and oxygen atoms in total. The average molecular weight is 374 g/mol.